The first-order valence-corrected chi connectivity index (χ1v) is 11.4. The van der Waals surface area contributed by atoms with Gasteiger partial charge in [0.25, 0.3) is 0 Å². The predicted molar refractivity (Wildman–Crippen MR) is 87.0 cm³/mol. The minimum absolute atomic E-state index is 0. The zero-order valence-electron chi connectivity index (χ0n) is 12.3. The van der Waals surface area contributed by atoms with E-state index in [1.54, 1.807) is 0 Å². The van der Waals surface area contributed by atoms with Crippen LogP contribution in [0.3, 0.4) is 0 Å². The topological polar surface area (TPSA) is 362 Å². The summed E-state index contributed by atoms with van der Waals surface area (Å²) in [4.78, 5) is 0. The number of hydrogen-bond acceptors (Lipinski definition) is 11. The Labute approximate surface area is 181 Å². The summed E-state index contributed by atoms with van der Waals surface area (Å²) in [5, 5.41) is 0. The van der Waals surface area contributed by atoms with Crippen molar-refractivity contribution in [2.75, 3.05) is 6.61 Å². The van der Waals surface area contributed by atoms with Crippen molar-refractivity contribution in [1.29, 1.82) is 0 Å². The summed E-state index contributed by atoms with van der Waals surface area (Å²) in [7, 11) is -22.8. The van der Waals surface area contributed by atoms with E-state index < -0.39 is 52.0 Å². The van der Waals surface area contributed by atoms with Crippen molar-refractivity contribution in [3.05, 3.63) is 0 Å². The third-order valence-electron chi connectivity index (χ3n) is 0.267. The standard InChI is InChI=1S/C2H6O4S.Na.4H2O4S.H/c1-2-6-7(3,4)5;;4*1-5(2,3)4;/h2H2,1H3,(H,3,4,5);;4*(H2,1,2,3,4);. The van der Waals surface area contributed by atoms with E-state index in [0.29, 0.717) is 0 Å². The monoisotopic (exact) mass is 542 g/mol. The molecule has 0 spiro atoms. The summed E-state index contributed by atoms with van der Waals surface area (Å²) in [6, 6.07) is 0. The third kappa shape index (κ3) is 895. The Kier molecular flexibility index (Phi) is 27.5. The number of rotatable bonds is 2. The van der Waals surface area contributed by atoms with E-state index >= 15 is 0 Å². The van der Waals surface area contributed by atoms with Gasteiger partial charge in [0, 0.05) is 0 Å². The second-order valence-corrected chi connectivity index (χ2v) is 7.30. The normalized spacial score (nSPS) is 11.2. The van der Waals surface area contributed by atoms with E-state index in [0.717, 1.165) is 0 Å². The zero-order chi connectivity index (χ0) is 23.9. The van der Waals surface area contributed by atoms with Crippen LogP contribution in [-0.4, -0.2) is 119 Å². The van der Waals surface area contributed by atoms with Gasteiger partial charge in [-0.15, -0.1) is 0 Å². The van der Waals surface area contributed by atoms with E-state index in [9.17, 15) is 8.42 Å². The molecule has 174 valence electrons. The molecule has 0 amide bonds. The van der Waals surface area contributed by atoms with Crippen molar-refractivity contribution in [2.24, 2.45) is 0 Å². The number of hydrogen-bond donors (Lipinski definition) is 9. The Bertz CT molecular complexity index is 718. The Balaban J connectivity index is -0.0000000540. The summed E-state index contributed by atoms with van der Waals surface area (Å²) >= 11 is 0. The quantitative estimate of drug-likeness (QED) is 0.121. The van der Waals surface area contributed by atoms with Crippen LogP contribution in [0, 0.1) is 0 Å². The molecule has 0 aliphatic rings. The van der Waals surface area contributed by atoms with Gasteiger partial charge >= 0.3 is 81.6 Å². The molecule has 0 heterocycles. The van der Waals surface area contributed by atoms with E-state index in [1.165, 1.54) is 6.92 Å². The van der Waals surface area contributed by atoms with Crippen molar-refractivity contribution in [3.8, 4) is 0 Å². The van der Waals surface area contributed by atoms with Crippen molar-refractivity contribution >= 4 is 81.6 Å². The van der Waals surface area contributed by atoms with E-state index in [2.05, 4.69) is 4.18 Å². The Hall–Kier alpha value is 0.350. The molecule has 0 radical (unpaired) electrons. The molecule has 0 bridgehead atoms. The summed E-state index contributed by atoms with van der Waals surface area (Å²) < 4.78 is 157. The molecular weight excluding hydrogens is 527 g/mol. The Morgan fingerprint density at radius 1 is 0.500 bits per heavy atom. The van der Waals surface area contributed by atoms with E-state index in [4.69, 9.17) is 74.6 Å². The molecule has 0 aromatic rings. The predicted octanol–water partition coefficient (Wildman–Crippen LogP) is -3.43. The molecule has 9 N–H and O–H groups in total. The molecular formula is C2H15NaO20S5. The molecule has 0 saturated heterocycles. The van der Waals surface area contributed by atoms with Crippen LogP contribution in [0.2, 0.25) is 0 Å². The van der Waals surface area contributed by atoms with Crippen molar-refractivity contribution < 1.29 is 87.2 Å². The molecule has 0 aliphatic carbocycles. The van der Waals surface area contributed by atoms with Crippen LogP contribution >= 0.6 is 0 Å². The van der Waals surface area contributed by atoms with Gasteiger partial charge in [-0.3, -0.25) is 41.0 Å². The molecule has 0 atom stereocenters. The molecule has 26 heteroatoms. The van der Waals surface area contributed by atoms with E-state index in [-0.39, 0.29) is 36.2 Å². The van der Waals surface area contributed by atoms with Gasteiger partial charge in [-0.1, -0.05) is 0 Å². The van der Waals surface area contributed by atoms with Crippen molar-refractivity contribution in [2.45, 2.75) is 6.92 Å². The third-order valence-corrected chi connectivity index (χ3v) is 0.800. The van der Waals surface area contributed by atoms with Crippen LogP contribution in [0.25, 0.3) is 0 Å². The summed E-state index contributed by atoms with van der Waals surface area (Å²) in [5.41, 5.74) is 0. The van der Waals surface area contributed by atoms with Crippen LogP contribution in [-0.2, 0) is 56.2 Å². The molecule has 20 nitrogen and oxygen atoms in total. The maximum atomic E-state index is 9.56. The molecule has 0 fully saturated rings. The zero-order valence-corrected chi connectivity index (χ0v) is 16.3. The molecule has 0 aromatic heterocycles. The van der Waals surface area contributed by atoms with Gasteiger partial charge in [0.2, 0.25) is 0 Å². The van der Waals surface area contributed by atoms with E-state index in [1.807, 2.05) is 0 Å². The van der Waals surface area contributed by atoms with Crippen LogP contribution < -0.4 is 0 Å². The SMILES string of the molecule is CCOS(=O)(=O)O.O=S(=O)(O)O.O=S(=O)(O)O.O=S(=O)(O)O.O=S(=O)(O)O.[NaH]. The van der Waals surface area contributed by atoms with Crippen molar-refractivity contribution in [3.63, 3.8) is 0 Å². The second-order valence-electron chi connectivity index (χ2n) is 2.63. The average Bonchev–Trinajstić information content (AvgIpc) is 2.01. The van der Waals surface area contributed by atoms with Crippen LogP contribution in [0.1, 0.15) is 6.92 Å². The fraction of sp³-hybridized carbons (Fsp3) is 1.00. The Morgan fingerprint density at radius 3 is 0.607 bits per heavy atom. The molecule has 0 aliphatic heterocycles. The fourth-order valence-electron chi connectivity index (χ4n) is 0.149. The van der Waals surface area contributed by atoms with Gasteiger partial charge in [-0.2, -0.15) is 42.1 Å². The first kappa shape index (κ1) is 42.5. The van der Waals surface area contributed by atoms with Crippen molar-refractivity contribution in [1.82, 2.24) is 0 Å². The fourth-order valence-corrected chi connectivity index (χ4v) is 0.447. The van der Waals surface area contributed by atoms with Crippen LogP contribution in [0.4, 0.5) is 0 Å². The van der Waals surface area contributed by atoms with Gasteiger partial charge in [-0.05, 0) is 6.92 Å². The summed E-state index contributed by atoms with van der Waals surface area (Å²) in [6.07, 6.45) is 0. The summed E-state index contributed by atoms with van der Waals surface area (Å²) in [6.45, 7) is 1.44. The van der Waals surface area contributed by atoms with Gasteiger partial charge < -0.3 is 0 Å². The maximum absolute atomic E-state index is 9.56. The van der Waals surface area contributed by atoms with Crippen LogP contribution in [0.5, 0.6) is 0 Å². The minimum atomic E-state index is -4.67. The van der Waals surface area contributed by atoms with Crippen LogP contribution in [0.15, 0.2) is 0 Å². The van der Waals surface area contributed by atoms with Gasteiger partial charge in [0.15, 0.2) is 0 Å². The molecule has 0 rings (SSSR count). The van der Waals surface area contributed by atoms with Gasteiger partial charge in [0.05, 0.1) is 6.61 Å². The molecule has 0 unspecified atom stereocenters. The first-order chi connectivity index (χ1) is 11.1. The summed E-state index contributed by atoms with van der Waals surface area (Å²) in [5.74, 6) is 0. The van der Waals surface area contributed by atoms with Gasteiger partial charge in [-0.25, -0.2) is 4.18 Å². The second kappa shape index (κ2) is 18.1. The first-order valence-electron chi connectivity index (χ1n) is 4.47. The molecule has 0 saturated carbocycles. The molecule has 0 aromatic carbocycles. The Morgan fingerprint density at radius 2 is 0.607 bits per heavy atom. The van der Waals surface area contributed by atoms with Gasteiger partial charge in [0.1, 0.15) is 0 Å². The average molecular weight is 542 g/mol. The molecule has 28 heavy (non-hydrogen) atoms.